The predicted octanol–water partition coefficient (Wildman–Crippen LogP) is 1.59. The lowest BCUT2D eigenvalue weighted by atomic mass is 9.80. The number of hydrogen-bond donors (Lipinski definition) is 2. The Morgan fingerprint density at radius 1 is 1.52 bits per heavy atom. The number of nitrogens with zero attached hydrogens (tertiary/aromatic N) is 1. The average molecular weight is 293 g/mol. The molecule has 0 aromatic carbocycles. The summed E-state index contributed by atoms with van der Waals surface area (Å²) in [7, 11) is 0. The van der Waals surface area contributed by atoms with E-state index in [1.54, 1.807) is 17.9 Å². The third-order valence-corrected chi connectivity index (χ3v) is 4.13. The van der Waals surface area contributed by atoms with Gasteiger partial charge < -0.3 is 9.32 Å². The molecule has 3 N–H and O–H groups in total. The average Bonchev–Trinajstić information content (AvgIpc) is 2.93. The van der Waals surface area contributed by atoms with E-state index in [4.69, 9.17) is 10.3 Å². The Morgan fingerprint density at radius 2 is 2.19 bits per heavy atom. The van der Waals surface area contributed by atoms with Crippen molar-refractivity contribution in [3.8, 4) is 0 Å². The fraction of sp³-hybridized carbons (Fsp3) is 0.600. The number of hydrazine groups is 1. The van der Waals surface area contributed by atoms with Crippen LogP contribution in [0.1, 0.15) is 49.1 Å². The molecule has 2 amide bonds. The smallest absolute Gasteiger partial charge is 0.268 e. The Labute approximate surface area is 124 Å². The highest BCUT2D eigenvalue weighted by atomic mass is 16.3. The number of amides is 2. The molecule has 0 aliphatic carbocycles. The Kier molecular flexibility index (Phi) is 4.09. The third-order valence-electron chi connectivity index (χ3n) is 4.13. The SMILES string of the molecule is Cc1oc(CN2CC(C(C)(C)C)CC2=O)cc1C(=O)NN. The molecule has 2 rings (SSSR count). The molecule has 0 radical (unpaired) electrons. The summed E-state index contributed by atoms with van der Waals surface area (Å²) < 4.78 is 5.56. The van der Waals surface area contributed by atoms with Crippen LogP contribution in [0.3, 0.4) is 0 Å². The van der Waals surface area contributed by atoms with Crippen LogP contribution in [0.2, 0.25) is 0 Å². The van der Waals surface area contributed by atoms with E-state index < -0.39 is 0 Å². The van der Waals surface area contributed by atoms with Crippen molar-refractivity contribution in [2.75, 3.05) is 6.54 Å². The second-order valence-corrected chi connectivity index (χ2v) is 6.70. The van der Waals surface area contributed by atoms with Crippen molar-refractivity contribution in [1.82, 2.24) is 10.3 Å². The Hall–Kier alpha value is -1.82. The summed E-state index contributed by atoms with van der Waals surface area (Å²) in [6.45, 7) is 9.27. The van der Waals surface area contributed by atoms with Crippen molar-refractivity contribution in [2.24, 2.45) is 17.2 Å². The van der Waals surface area contributed by atoms with Crippen LogP contribution in [0.5, 0.6) is 0 Å². The maximum absolute atomic E-state index is 12.1. The summed E-state index contributed by atoms with van der Waals surface area (Å²) in [5.74, 6) is 6.33. The molecule has 1 saturated heterocycles. The molecule has 1 aliphatic heterocycles. The molecule has 0 bridgehead atoms. The van der Waals surface area contributed by atoms with Gasteiger partial charge in [0, 0.05) is 13.0 Å². The van der Waals surface area contributed by atoms with Gasteiger partial charge in [-0.25, -0.2) is 5.84 Å². The molecule has 21 heavy (non-hydrogen) atoms. The maximum atomic E-state index is 12.1. The first-order valence-corrected chi connectivity index (χ1v) is 7.10. The van der Waals surface area contributed by atoms with Crippen LogP contribution in [-0.4, -0.2) is 23.3 Å². The van der Waals surface area contributed by atoms with E-state index in [9.17, 15) is 9.59 Å². The molecule has 1 aromatic heterocycles. The van der Waals surface area contributed by atoms with E-state index in [2.05, 4.69) is 26.2 Å². The van der Waals surface area contributed by atoms with E-state index in [1.807, 2.05) is 0 Å². The summed E-state index contributed by atoms with van der Waals surface area (Å²) >= 11 is 0. The van der Waals surface area contributed by atoms with Crippen molar-refractivity contribution in [2.45, 2.75) is 40.7 Å². The first kappa shape index (κ1) is 15.6. The quantitative estimate of drug-likeness (QED) is 0.503. The molecule has 6 heteroatoms. The van der Waals surface area contributed by atoms with E-state index in [0.717, 1.165) is 6.54 Å². The lowest BCUT2D eigenvalue weighted by molar-refractivity contribution is -0.128. The second kappa shape index (κ2) is 5.52. The number of rotatable bonds is 3. The van der Waals surface area contributed by atoms with Gasteiger partial charge in [-0.05, 0) is 24.3 Å². The Balaban J connectivity index is 2.09. The zero-order chi connectivity index (χ0) is 15.8. The molecule has 2 heterocycles. The van der Waals surface area contributed by atoms with Crippen LogP contribution in [-0.2, 0) is 11.3 Å². The first-order chi connectivity index (χ1) is 9.72. The largest absolute Gasteiger partial charge is 0.464 e. The normalized spacial score (nSPS) is 19.2. The van der Waals surface area contributed by atoms with E-state index in [1.165, 1.54) is 0 Å². The molecule has 1 aromatic rings. The fourth-order valence-electron chi connectivity index (χ4n) is 2.62. The van der Waals surface area contributed by atoms with Gasteiger partial charge in [-0.2, -0.15) is 0 Å². The summed E-state index contributed by atoms with van der Waals surface area (Å²) in [5, 5.41) is 0. The van der Waals surface area contributed by atoms with E-state index >= 15 is 0 Å². The van der Waals surface area contributed by atoms with Crippen molar-refractivity contribution in [3.63, 3.8) is 0 Å². The summed E-state index contributed by atoms with van der Waals surface area (Å²) in [5.41, 5.74) is 2.60. The molecule has 1 fully saturated rings. The van der Waals surface area contributed by atoms with E-state index in [0.29, 0.717) is 36.0 Å². The minimum atomic E-state index is -0.386. The number of aryl methyl sites for hydroxylation is 1. The number of nitrogens with one attached hydrogen (secondary N) is 1. The standard InChI is InChI=1S/C15H23N3O3/c1-9-12(14(20)17-16)6-11(21-9)8-18-7-10(5-13(18)19)15(2,3)4/h6,10H,5,7-8,16H2,1-4H3,(H,17,20). The minimum absolute atomic E-state index is 0.105. The number of nitrogens with two attached hydrogens (primary N) is 1. The van der Waals surface area contributed by atoms with Gasteiger partial charge in [-0.1, -0.05) is 20.8 Å². The van der Waals surface area contributed by atoms with Crippen LogP contribution < -0.4 is 11.3 Å². The first-order valence-electron chi connectivity index (χ1n) is 7.10. The Morgan fingerprint density at radius 3 is 2.71 bits per heavy atom. The van der Waals surface area contributed by atoms with Gasteiger partial charge in [0.05, 0.1) is 12.1 Å². The van der Waals surface area contributed by atoms with Crippen LogP contribution in [0.15, 0.2) is 10.5 Å². The van der Waals surface area contributed by atoms with Crippen LogP contribution >= 0.6 is 0 Å². The highest BCUT2D eigenvalue weighted by molar-refractivity contribution is 5.94. The number of likely N-dealkylation sites (tertiary alicyclic amines) is 1. The number of carbonyl (C=O) groups is 2. The van der Waals surface area contributed by atoms with E-state index in [-0.39, 0.29) is 17.2 Å². The minimum Gasteiger partial charge on any atom is -0.464 e. The zero-order valence-corrected chi connectivity index (χ0v) is 13.0. The molecule has 0 spiro atoms. The number of carbonyl (C=O) groups excluding carboxylic acids is 2. The lowest BCUT2D eigenvalue weighted by Crippen LogP contribution is -2.30. The van der Waals surface area contributed by atoms with Crippen molar-refractivity contribution >= 4 is 11.8 Å². The van der Waals surface area contributed by atoms with Gasteiger partial charge in [0.1, 0.15) is 11.5 Å². The lowest BCUT2D eigenvalue weighted by Gasteiger charge is -2.26. The summed E-state index contributed by atoms with van der Waals surface area (Å²) in [6, 6.07) is 1.65. The van der Waals surface area contributed by atoms with Gasteiger partial charge in [-0.15, -0.1) is 0 Å². The van der Waals surface area contributed by atoms with Crippen molar-refractivity contribution < 1.29 is 14.0 Å². The summed E-state index contributed by atoms with van der Waals surface area (Å²) in [4.78, 5) is 25.4. The number of nitrogen functional groups attached to an aromatic ring is 1. The molecule has 1 unspecified atom stereocenters. The topological polar surface area (TPSA) is 88.6 Å². The second-order valence-electron chi connectivity index (χ2n) is 6.70. The predicted molar refractivity (Wildman–Crippen MR) is 78.1 cm³/mol. The third kappa shape index (κ3) is 3.26. The fourth-order valence-corrected chi connectivity index (χ4v) is 2.62. The molecular weight excluding hydrogens is 270 g/mol. The molecule has 1 atom stereocenters. The van der Waals surface area contributed by atoms with Crippen LogP contribution in [0.4, 0.5) is 0 Å². The van der Waals surface area contributed by atoms with Gasteiger partial charge in [0.2, 0.25) is 5.91 Å². The van der Waals surface area contributed by atoms with Gasteiger partial charge >= 0.3 is 0 Å². The van der Waals surface area contributed by atoms with Gasteiger partial charge in [0.25, 0.3) is 5.91 Å². The maximum Gasteiger partial charge on any atom is 0.268 e. The highest BCUT2D eigenvalue weighted by Gasteiger charge is 2.37. The molecule has 1 aliphatic rings. The van der Waals surface area contributed by atoms with Crippen LogP contribution in [0, 0.1) is 18.3 Å². The Bertz CT molecular complexity index is 557. The van der Waals surface area contributed by atoms with Crippen molar-refractivity contribution in [3.05, 3.63) is 23.2 Å². The number of furan rings is 1. The molecule has 0 saturated carbocycles. The molecular formula is C15H23N3O3. The van der Waals surface area contributed by atoms with Crippen LogP contribution in [0.25, 0.3) is 0 Å². The van der Waals surface area contributed by atoms with Gasteiger partial charge in [-0.3, -0.25) is 15.0 Å². The molecule has 6 nitrogen and oxygen atoms in total. The summed E-state index contributed by atoms with van der Waals surface area (Å²) in [6.07, 6.45) is 0.569. The monoisotopic (exact) mass is 293 g/mol. The molecule has 116 valence electrons. The van der Waals surface area contributed by atoms with Crippen molar-refractivity contribution in [1.29, 1.82) is 0 Å². The number of hydrogen-bond acceptors (Lipinski definition) is 4. The van der Waals surface area contributed by atoms with Gasteiger partial charge in [0.15, 0.2) is 0 Å². The highest BCUT2D eigenvalue weighted by Crippen LogP contribution is 2.35. The zero-order valence-electron chi connectivity index (χ0n) is 13.0.